The first-order valence-corrected chi connectivity index (χ1v) is 9.97. The van der Waals surface area contributed by atoms with Gasteiger partial charge in [-0.05, 0) is 55.3 Å². The summed E-state index contributed by atoms with van der Waals surface area (Å²) < 4.78 is 12.2. The Morgan fingerprint density at radius 3 is 2.85 bits per heavy atom. The van der Waals surface area contributed by atoms with Crippen molar-refractivity contribution in [3.63, 3.8) is 0 Å². The van der Waals surface area contributed by atoms with E-state index in [1.807, 2.05) is 25.1 Å². The third kappa shape index (κ3) is 5.34. The maximum atomic E-state index is 12.2. The van der Waals surface area contributed by atoms with Crippen LogP contribution in [-0.2, 0) is 4.79 Å². The quantitative estimate of drug-likeness (QED) is 0.507. The highest BCUT2D eigenvalue weighted by molar-refractivity contribution is 7.22. The molecule has 0 saturated heterocycles. The van der Waals surface area contributed by atoms with Gasteiger partial charge in [-0.3, -0.25) is 10.1 Å². The van der Waals surface area contributed by atoms with Gasteiger partial charge in [-0.2, -0.15) is 0 Å². The van der Waals surface area contributed by atoms with E-state index in [1.54, 1.807) is 18.2 Å². The summed E-state index contributed by atoms with van der Waals surface area (Å²) in [6, 6.07) is 11.0. The Morgan fingerprint density at radius 1 is 1.22 bits per heavy atom. The van der Waals surface area contributed by atoms with Gasteiger partial charge in [0.05, 0.1) is 16.8 Å². The van der Waals surface area contributed by atoms with Gasteiger partial charge in [-0.15, -0.1) is 0 Å². The molecule has 0 aliphatic heterocycles. The number of nitrogens with one attached hydrogen (secondary N) is 1. The largest absolute Gasteiger partial charge is 0.494 e. The van der Waals surface area contributed by atoms with Gasteiger partial charge in [0.2, 0.25) is 0 Å². The van der Waals surface area contributed by atoms with Gasteiger partial charge in [0.15, 0.2) is 11.7 Å². The lowest BCUT2D eigenvalue weighted by molar-refractivity contribution is -0.118. The molecule has 1 aromatic heterocycles. The van der Waals surface area contributed by atoms with Crippen LogP contribution in [0.3, 0.4) is 0 Å². The topological polar surface area (TPSA) is 60.5 Å². The Balaban J connectivity index is 1.59. The van der Waals surface area contributed by atoms with Crippen LogP contribution in [-0.4, -0.2) is 24.1 Å². The van der Waals surface area contributed by atoms with E-state index in [0.717, 1.165) is 34.4 Å². The van der Waals surface area contributed by atoms with E-state index >= 15 is 0 Å². The second-order valence-electron chi connectivity index (χ2n) is 6.10. The number of hydrogen-bond acceptors (Lipinski definition) is 5. The molecule has 0 spiro atoms. The minimum absolute atomic E-state index is 0.0935. The van der Waals surface area contributed by atoms with Gasteiger partial charge >= 0.3 is 0 Å². The monoisotopic (exact) mass is 404 g/mol. The molecule has 3 aromatic rings. The Hall–Kier alpha value is -2.31. The van der Waals surface area contributed by atoms with E-state index in [1.165, 1.54) is 11.3 Å². The standard InChI is InChI=1S/C20H21ClN2O3S/c1-3-4-9-25-15-6-7-16-18(11-15)27-20(22-16)23-19(24)12-26-17-8-5-14(21)10-13(17)2/h5-8,10-11H,3-4,9,12H2,1-2H3,(H,22,23,24). The van der Waals surface area contributed by atoms with E-state index in [0.29, 0.717) is 22.5 Å². The molecule has 0 atom stereocenters. The minimum atomic E-state index is -0.261. The van der Waals surface area contributed by atoms with E-state index < -0.39 is 0 Å². The van der Waals surface area contributed by atoms with Crippen molar-refractivity contribution >= 4 is 44.2 Å². The molecule has 0 fully saturated rings. The number of unbranched alkanes of at least 4 members (excludes halogenated alkanes) is 1. The highest BCUT2D eigenvalue weighted by atomic mass is 35.5. The maximum Gasteiger partial charge on any atom is 0.264 e. The number of nitrogens with zero attached hydrogens (tertiary/aromatic N) is 1. The number of thiazole rings is 1. The van der Waals surface area contributed by atoms with Gasteiger partial charge in [0.1, 0.15) is 11.5 Å². The average molecular weight is 405 g/mol. The fourth-order valence-electron chi connectivity index (χ4n) is 2.46. The fourth-order valence-corrected chi connectivity index (χ4v) is 3.59. The van der Waals surface area contributed by atoms with E-state index in [-0.39, 0.29) is 12.5 Å². The summed E-state index contributed by atoms with van der Waals surface area (Å²) >= 11 is 7.33. The summed E-state index contributed by atoms with van der Waals surface area (Å²) in [5.74, 6) is 1.19. The molecule has 7 heteroatoms. The number of benzene rings is 2. The third-order valence-corrected chi connectivity index (χ3v) is 5.04. The number of hydrogen-bond donors (Lipinski definition) is 1. The maximum absolute atomic E-state index is 12.2. The van der Waals surface area contributed by atoms with Crippen molar-refractivity contribution in [3.8, 4) is 11.5 Å². The number of ether oxygens (including phenoxy) is 2. The van der Waals surface area contributed by atoms with E-state index in [4.69, 9.17) is 21.1 Å². The van der Waals surface area contributed by atoms with Crippen molar-refractivity contribution in [1.29, 1.82) is 0 Å². The van der Waals surface area contributed by atoms with Gasteiger partial charge in [0, 0.05) is 5.02 Å². The fraction of sp³-hybridized carbons (Fsp3) is 0.300. The number of carbonyl (C=O) groups is 1. The van der Waals surface area contributed by atoms with Crippen LogP contribution >= 0.6 is 22.9 Å². The molecule has 142 valence electrons. The highest BCUT2D eigenvalue weighted by Gasteiger charge is 2.10. The summed E-state index contributed by atoms with van der Waals surface area (Å²) in [6.45, 7) is 4.62. The molecule has 2 aromatic carbocycles. The lowest BCUT2D eigenvalue weighted by Crippen LogP contribution is -2.20. The third-order valence-electron chi connectivity index (χ3n) is 3.87. The predicted octanol–water partition coefficient (Wildman–Crippen LogP) is 5.45. The molecular formula is C20H21ClN2O3S. The zero-order valence-electron chi connectivity index (χ0n) is 15.3. The van der Waals surface area contributed by atoms with Crippen molar-refractivity contribution in [2.75, 3.05) is 18.5 Å². The molecule has 5 nitrogen and oxygen atoms in total. The van der Waals surface area contributed by atoms with Crippen LogP contribution in [0.2, 0.25) is 5.02 Å². The smallest absolute Gasteiger partial charge is 0.264 e. The van der Waals surface area contributed by atoms with Crippen molar-refractivity contribution in [3.05, 3.63) is 47.0 Å². The van der Waals surface area contributed by atoms with Crippen LogP contribution in [0.4, 0.5) is 5.13 Å². The Morgan fingerprint density at radius 2 is 2.07 bits per heavy atom. The first-order valence-electron chi connectivity index (χ1n) is 8.77. The Bertz CT molecular complexity index is 942. The Labute approximate surface area is 167 Å². The van der Waals surface area contributed by atoms with Crippen LogP contribution in [0.5, 0.6) is 11.5 Å². The lowest BCUT2D eigenvalue weighted by Gasteiger charge is -2.08. The summed E-state index contributed by atoms with van der Waals surface area (Å²) in [7, 11) is 0. The molecule has 1 amide bonds. The molecule has 0 saturated carbocycles. The van der Waals surface area contributed by atoms with Gasteiger partial charge in [0.25, 0.3) is 5.91 Å². The van der Waals surface area contributed by atoms with Gasteiger partial charge < -0.3 is 9.47 Å². The van der Waals surface area contributed by atoms with Crippen molar-refractivity contribution in [2.24, 2.45) is 0 Å². The number of fused-ring (bicyclic) bond motifs is 1. The molecule has 0 unspecified atom stereocenters. The highest BCUT2D eigenvalue weighted by Crippen LogP contribution is 2.29. The SMILES string of the molecule is CCCCOc1ccc2nc(NC(=O)COc3ccc(Cl)cc3C)sc2c1. The molecular weight excluding hydrogens is 384 g/mol. The van der Waals surface area contributed by atoms with Gasteiger partial charge in [-0.25, -0.2) is 4.98 Å². The number of aryl methyl sites for hydroxylation is 1. The average Bonchev–Trinajstić information content (AvgIpc) is 3.02. The van der Waals surface area contributed by atoms with Crippen LogP contribution in [0.15, 0.2) is 36.4 Å². The summed E-state index contributed by atoms with van der Waals surface area (Å²) in [6.07, 6.45) is 2.12. The molecule has 0 aliphatic rings. The number of amides is 1. The number of aromatic nitrogens is 1. The van der Waals surface area contributed by atoms with E-state index in [2.05, 4.69) is 17.2 Å². The second kappa shape index (κ2) is 9.06. The normalized spacial score (nSPS) is 10.8. The van der Waals surface area contributed by atoms with Crippen molar-refractivity contribution in [2.45, 2.75) is 26.7 Å². The number of anilines is 1. The number of halogens is 1. The molecule has 0 bridgehead atoms. The first-order chi connectivity index (χ1) is 13.0. The van der Waals surface area contributed by atoms with E-state index in [9.17, 15) is 4.79 Å². The first kappa shape index (κ1) is 19.5. The zero-order chi connectivity index (χ0) is 19.2. The van der Waals surface area contributed by atoms with Crippen LogP contribution in [0, 0.1) is 6.92 Å². The van der Waals surface area contributed by atoms with Crippen LogP contribution in [0.1, 0.15) is 25.3 Å². The molecule has 27 heavy (non-hydrogen) atoms. The Kier molecular flexibility index (Phi) is 6.53. The summed E-state index contributed by atoms with van der Waals surface area (Å²) in [4.78, 5) is 16.6. The van der Waals surface area contributed by atoms with Crippen molar-refractivity contribution in [1.82, 2.24) is 4.98 Å². The second-order valence-corrected chi connectivity index (χ2v) is 7.56. The minimum Gasteiger partial charge on any atom is -0.494 e. The lowest BCUT2D eigenvalue weighted by atomic mass is 10.2. The number of rotatable bonds is 8. The zero-order valence-corrected chi connectivity index (χ0v) is 16.8. The molecule has 1 heterocycles. The van der Waals surface area contributed by atoms with Gasteiger partial charge in [-0.1, -0.05) is 36.3 Å². The van der Waals surface area contributed by atoms with Crippen molar-refractivity contribution < 1.29 is 14.3 Å². The molecule has 3 rings (SSSR count). The molecule has 0 radical (unpaired) electrons. The summed E-state index contributed by atoms with van der Waals surface area (Å²) in [5.41, 5.74) is 1.71. The van der Waals surface area contributed by atoms with Crippen LogP contribution in [0.25, 0.3) is 10.2 Å². The molecule has 1 N–H and O–H groups in total. The predicted molar refractivity (Wildman–Crippen MR) is 110 cm³/mol. The van der Waals surface area contributed by atoms with Crippen LogP contribution < -0.4 is 14.8 Å². The number of carbonyl (C=O) groups excluding carboxylic acids is 1. The molecule has 0 aliphatic carbocycles. The summed E-state index contributed by atoms with van der Waals surface area (Å²) in [5, 5.41) is 3.96.